The average Bonchev–Trinajstić information content (AvgIpc) is 2.52. The number of rotatable bonds is 5. The summed E-state index contributed by atoms with van der Waals surface area (Å²) in [6.07, 6.45) is 0. The lowest BCUT2D eigenvalue weighted by Gasteiger charge is -2.22. The van der Waals surface area contributed by atoms with Crippen LogP contribution in [0.3, 0.4) is 0 Å². The van der Waals surface area contributed by atoms with E-state index in [1.54, 1.807) is 36.4 Å². The fraction of sp³-hybridized carbons (Fsp3) is 0.176. The number of carbonyl (C=O) groups is 1. The summed E-state index contributed by atoms with van der Waals surface area (Å²) in [6, 6.07) is 12.8. The van der Waals surface area contributed by atoms with Crippen LogP contribution in [0.2, 0.25) is 0 Å². The normalized spacial score (nSPS) is 11.3. The zero-order valence-electron chi connectivity index (χ0n) is 12.3. The highest BCUT2D eigenvalue weighted by Crippen LogP contribution is 2.25. The number of carbonyl (C=O) groups excluding carboxylic acids is 1. The largest absolute Gasteiger partial charge is 0.548 e. The highest BCUT2D eigenvalue weighted by molar-refractivity contribution is 5.77. The van der Waals surface area contributed by atoms with Crippen LogP contribution in [0.25, 0.3) is 0 Å². The van der Waals surface area contributed by atoms with Gasteiger partial charge >= 0.3 is 0 Å². The summed E-state index contributed by atoms with van der Waals surface area (Å²) < 4.78 is 5.17. The minimum atomic E-state index is -1.24. The molecule has 0 aliphatic carbocycles. The smallest absolute Gasteiger partial charge is 0.119 e. The minimum absolute atomic E-state index is 0.507. The second kappa shape index (κ2) is 6.64. The van der Waals surface area contributed by atoms with Gasteiger partial charge in [-0.25, -0.2) is 0 Å². The molecule has 5 nitrogen and oxygen atoms in total. The first kappa shape index (κ1) is 15.4. The van der Waals surface area contributed by atoms with E-state index in [1.807, 2.05) is 19.1 Å². The van der Waals surface area contributed by atoms with E-state index in [0.717, 1.165) is 5.56 Å². The van der Waals surface area contributed by atoms with Crippen molar-refractivity contribution in [1.29, 1.82) is 5.26 Å². The number of ether oxygens (including phenoxy) is 1. The molecule has 0 heterocycles. The average molecular weight is 295 g/mol. The van der Waals surface area contributed by atoms with Crippen LogP contribution in [-0.4, -0.2) is 13.1 Å². The maximum absolute atomic E-state index is 11.5. The van der Waals surface area contributed by atoms with Crippen molar-refractivity contribution < 1.29 is 14.6 Å². The quantitative estimate of drug-likeness (QED) is 0.908. The van der Waals surface area contributed by atoms with E-state index in [2.05, 4.69) is 5.32 Å². The van der Waals surface area contributed by atoms with Gasteiger partial charge in [-0.05, 0) is 54.4 Å². The van der Waals surface area contributed by atoms with Gasteiger partial charge in [0.2, 0.25) is 0 Å². The number of methoxy groups -OCH3 is 1. The molecule has 22 heavy (non-hydrogen) atoms. The molecule has 0 saturated carbocycles. The molecule has 0 radical (unpaired) electrons. The lowest BCUT2D eigenvalue weighted by Crippen LogP contribution is -2.34. The maximum Gasteiger partial charge on any atom is 0.119 e. The Labute approximate surface area is 128 Å². The predicted octanol–water partition coefficient (Wildman–Crippen LogP) is 1.78. The number of nitrogens with zero attached hydrogens (tertiary/aromatic N) is 1. The second-order valence-electron chi connectivity index (χ2n) is 4.87. The number of carboxylic acids is 1. The number of nitriles is 1. The van der Waals surface area contributed by atoms with Crippen LogP contribution in [0.15, 0.2) is 42.5 Å². The number of hydrogen-bond acceptors (Lipinski definition) is 5. The van der Waals surface area contributed by atoms with E-state index in [1.165, 1.54) is 7.11 Å². The van der Waals surface area contributed by atoms with Gasteiger partial charge in [-0.2, -0.15) is 5.26 Å². The Morgan fingerprint density at radius 2 is 1.95 bits per heavy atom. The third-order valence-corrected chi connectivity index (χ3v) is 3.20. The third kappa shape index (κ3) is 3.55. The SMILES string of the molecule is COc1cc(C)cc(C(Nc2ccc(C#N)cc2)C(=O)[O-])c1. The first-order valence-corrected chi connectivity index (χ1v) is 6.66. The number of nitrogens with one attached hydrogen (secondary N) is 1. The van der Waals surface area contributed by atoms with Crippen molar-refractivity contribution in [3.05, 3.63) is 59.2 Å². The summed E-state index contributed by atoms with van der Waals surface area (Å²) in [7, 11) is 1.53. The summed E-state index contributed by atoms with van der Waals surface area (Å²) in [6.45, 7) is 1.86. The lowest BCUT2D eigenvalue weighted by atomic mass is 10.0. The minimum Gasteiger partial charge on any atom is -0.548 e. The third-order valence-electron chi connectivity index (χ3n) is 3.20. The van der Waals surface area contributed by atoms with Gasteiger partial charge in [0.25, 0.3) is 0 Å². The summed E-state index contributed by atoms with van der Waals surface area (Å²) in [5, 5.41) is 23.1. The molecule has 1 unspecified atom stereocenters. The fourth-order valence-corrected chi connectivity index (χ4v) is 2.15. The maximum atomic E-state index is 11.5. The predicted molar refractivity (Wildman–Crippen MR) is 80.3 cm³/mol. The van der Waals surface area contributed by atoms with Gasteiger partial charge in [0.05, 0.1) is 30.8 Å². The van der Waals surface area contributed by atoms with E-state index in [9.17, 15) is 9.90 Å². The Morgan fingerprint density at radius 1 is 1.27 bits per heavy atom. The van der Waals surface area contributed by atoms with E-state index >= 15 is 0 Å². The van der Waals surface area contributed by atoms with Gasteiger partial charge in [-0.3, -0.25) is 0 Å². The van der Waals surface area contributed by atoms with Gasteiger partial charge in [0.15, 0.2) is 0 Å². The highest BCUT2D eigenvalue weighted by Gasteiger charge is 2.14. The Morgan fingerprint density at radius 3 is 2.50 bits per heavy atom. The van der Waals surface area contributed by atoms with Gasteiger partial charge in [-0.1, -0.05) is 6.07 Å². The molecule has 2 aromatic carbocycles. The van der Waals surface area contributed by atoms with Crippen molar-refractivity contribution in [1.82, 2.24) is 0 Å². The van der Waals surface area contributed by atoms with Gasteiger partial charge in [-0.15, -0.1) is 0 Å². The molecular formula is C17H15N2O3-. The molecule has 0 aromatic heterocycles. The first-order valence-electron chi connectivity index (χ1n) is 6.66. The van der Waals surface area contributed by atoms with Gasteiger partial charge < -0.3 is 20.0 Å². The van der Waals surface area contributed by atoms with E-state index in [4.69, 9.17) is 10.00 Å². The van der Waals surface area contributed by atoms with Crippen molar-refractivity contribution in [2.75, 3.05) is 12.4 Å². The molecule has 1 N–H and O–H groups in total. The number of aliphatic carboxylic acids is 1. The molecule has 1 atom stereocenters. The summed E-state index contributed by atoms with van der Waals surface area (Å²) >= 11 is 0. The van der Waals surface area contributed by atoms with Crippen LogP contribution < -0.4 is 15.2 Å². The topological polar surface area (TPSA) is 85.2 Å². The molecule has 0 saturated heterocycles. The molecule has 0 amide bonds. The van der Waals surface area contributed by atoms with E-state index in [-0.39, 0.29) is 0 Å². The molecule has 0 aliphatic rings. The molecule has 0 aliphatic heterocycles. The standard InChI is InChI=1S/C17H16N2O3/c1-11-7-13(9-15(8-11)22-2)16(17(20)21)19-14-5-3-12(10-18)4-6-14/h3-9,16,19H,1-2H3,(H,20,21)/p-1. The number of carboxylic acid groups (broad SMARTS) is 1. The molecule has 2 aromatic rings. The van der Waals surface area contributed by atoms with Crippen molar-refractivity contribution in [2.24, 2.45) is 0 Å². The van der Waals surface area contributed by atoms with E-state index < -0.39 is 12.0 Å². The Bertz CT molecular complexity index is 718. The molecule has 2 rings (SSSR count). The number of hydrogen-bond donors (Lipinski definition) is 1. The monoisotopic (exact) mass is 295 g/mol. The van der Waals surface area contributed by atoms with Crippen LogP contribution in [0.1, 0.15) is 22.7 Å². The second-order valence-corrected chi connectivity index (χ2v) is 4.87. The van der Waals surface area contributed by atoms with Crippen molar-refractivity contribution in [2.45, 2.75) is 13.0 Å². The van der Waals surface area contributed by atoms with Crippen LogP contribution in [0, 0.1) is 18.3 Å². The zero-order chi connectivity index (χ0) is 16.1. The first-order chi connectivity index (χ1) is 10.5. The Balaban J connectivity index is 2.32. The molecule has 5 heteroatoms. The van der Waals surface area contributed by atoms with Gasteiger partial charge in [0.1, 0.15) is 5.75 Å². The summed E-state index contributed by atoms with van der Waals surface area (Å²) in [4.78, 5) is 11.5. The Kier molecular flexibility index (Phi) is 4.64. The van der Waals surface area contributed by atoms with Crippen LogP contribution >= 0.6 is 0 Å². The number of anilines is 1. The van der Waals surface area contributed by atoms with E-state index in [0.29, 0.717) is 22.6 Å². The number of benzene rings is 2. The molecule has 0 bridgehead atoms. The summed E-state index contributed by atoms with van der Waals surface area (Å²) in [5.41, 5.74) is 2.53. The van der Waals surface area contributed by atoms with Crippen molar-refractivity contribution in [3.8, 4) is 11.8 Å². The molecule has 112 valence electrons. The van der Waals surface area contributed by atoms with Crippen molar-refractivity contribution in [3.63, 3.8) is 0 Å². The van der Waals surface area contributed by atoms with Gasteiger partial charge in [0, 0.05) is 5.69 Å². The van der Waals surface area contributed by atoms with Crippen molar-refractivity contribution >= 4 is 11.7 Å². The summed E-state index contributed by atoms with van der Waals surface area (Å²) in [5.74, 6) is -0.653. The number of aryl methyl sites for hydroxylation is 1. The van der Waals surface area contributed by atoms with Crippen LogP contribution in [0.5, 0.6) is 5.75 Å². The lowest BCUT2D eigenvalue weighted by molar-refractivity contribution is -0.307. The van der Waals surface area contributed by atoms with Crippen LogP contribution in [0.4, 0.5) is 5.69 Å². The molecule has 0 spiro atoms. The zero-order valence-corrected chi connectivity index (χ0v) is 12.3. The Hall–Kier alpha value is -3.00. The van der Waals surface area contributed by atoms with Crippen LogP contribution in [-0.2, 0) is 4.79 Å². The molecular weight excluding hydrogens is 280 g/mol. The molecule has 0 fully saturated rings. The fourth-order valence-electron chi connectivity index (χ4n) is 2.15. The highest BCUT2D eigenvalue weighted by atomic mass is 16.5.